The second-order valence-electron chi connectivity index (χ2n) is 3.67. The molecule has 2 rings (SSSR count). The van der Waals surface area contributed by atoms with Crippen molar-refractivity contribution >= 4 is 23.2 Å². The van der Waals surface area contributed by atoms with Crippen molar-refractivity contribution in [3.63, 3.8) is 0 Å². The normalized spacial score (nSPS) is 10.5. The second-order valence-corrected chi connectivity index (χ2v) is 4.11. The summed E-state index contributed by atoms with van der Waals surface area (Å²) in [7, 11) is 0. The monoisotopic (exact) mass is 286 g/mol. The topological polar surface area (TPSA) is 56.0 Å². The fraction of sp³-hybridized carbons (Fsp3) is 0. The molecule has 19 heavy (non-hydrogen) atoms. The molecule has 1 aromatic carbocycles. The van der Waals surface area contributed by atoms with Gasteiger partial charge in [-0.15, -0.1) is 0 Å². The number of nitrogens with two attached hydrogens (primary N) is 1. The Morgan fingerprint density at radius 1 is 1.16 bits per heavy atom. The van der Waals surface area contributed by atoms with E-state index in [1.165, 1.54) is 12.3 Å². The Kier molecular flexibility index (Phi) is 3.44. The number of aromatic nitrogens is 1. The van der Waals surface area contributed by atoms with Gasteiger partial charge in [0.2, 0.25) is 0 Å². The lowest BCUT2D eigenvalue weighted by atomic mass is 10.0. The molecule has 0 amide bonds. The number of halogens is 4. The van der Waals surface area contributed by atoms with Gasteiger partial charge in [-0.05, 0) is 18.2 Å². The van der Waals surface area contributed by atoms with Crippen LogP contribution in [0.15, 0.2) is 24.4 Å². The van der Waals surface area contributed by atoms with E-state index in [2.05, 4.69) is 4.98 Å². The summed E-state index contributed by atoms with van der Waals surface area (Å²) in [6.07, 6.45) is 1.22. The highest BCUT2D eigenvalue weighted by molar-refractivity contribution is 6.31. The minimum absolute atomic E-state index is 0.113. The molecule has 98 valence electrons. The van der Waals surface area contributed by atoms with Crippen LogP contribution < -0.4 is 5.73 Å². The van der Waals surface area contributed by atoms with E-state index in [0.29, 0.717) is 12.1 Å². The Labute approximate surface area is 110 Å². The molecule has 0 saturated carbocycles. The average Bonchev–Trinajstić information content (AvgIpc) is 2.37. The van der Waals surface area contributed by atoms with E-state index in [-0.39, 0.29) is 22.0 Å². The van der Waals surface area contributed by atoms with Crippen LogP contribution in [0.5, 0.6) is 0 Å². The number of nitrogens with zero attached hydrogens (tertiary/aromatic N) is 1. The van der Waals surface area contributed by atoms with E-state index in [0.717, 1.165) is 0 Å². The van der Waals surface area contributed by atoms with Crippen molar-refractivity contribution in [3.05, 3.63) is 58.0 Å². The van der Waals surface area contributed by atoms with Crippen LogP contribution in [0.4, 0.5) is 19.0 Å². The molecule has 1 heterocycles. The van der Waals surface area contributed by atoms with E-state index in [1.54, 1.807) is 0 Å². The van der Waals surface area contributed by atoms with Gasteiger partial charge in [0, 0.05) is 11.8 Å². The highest BCUT2D eigenvalue weighted by atomic mass is 35.5. The SMILES string of the molecule is Nc1ncc(Cl)cc1C(=O)c1cc(F)c(F)c(F)c1. The van der Waals surface area contributed by atoms with Crippen LogP contribution in [0.25, 0.3) is 0 Å². The number of anilines is 1. The Hall–Kier alpha value is -2.08. The van der Waals surface area contributed by atoms with Crippen LogP contribution in [0, 0.1) is 17.5 Å². The van der Waals surface area contributed by atoms with Crippen molar-refractivity contribution in [3.8, 4) is 0 Å². The Bertz CT molecular complexity index is 653. The van der Waals surface area contributed by atoms with E-state index >= 15 is 0 Å². The van der Waals surface area contributed by atoms with E-state index in [9.17, 15) is 18.0 Å². The summed E-state index contributed by atoms with van der Waals surface area (Å²) in [5.74, 6) is -5.51. The molecular weight excluding hydrogens is 281 g/mol. The van der Waals surface area contributed by atoms with Crippen LogP contribution in [0.1, 0.15) is 15.9 Å². The number of benzene rings is 1. The van der Waals surface area contributed by atoms with Crippen molar-refractivity contribution in [2.45, 2.75) is 0 Å². The molecule has 0 aliphatic rings. The molecule has 0 aliphatic heterocycles. The number of pyridine rings is 1. The van der Waals surface area contributed by atoms with Gasteiger partial charge in [-0.2, -0.15) is 0 Å². The van der Waals surface area contributed by atoms with Gasteiger partial charge >= 0.3 is 0 Å². The summed E-state index contributed by atoms with van der Waals surface area (Å²) in [5, 5.41) is 0.139. The summed E-state index contributed by atoms with van der Waals surface area (Å²) < 4.78 is 38.9. The molecule has 0 radical (unpaired) electrons. The highest BCUT2D eigenvalue weighted by Crippen LogP contribution is 2.21. The summed E-state index contributed by atoms with van der Waals surface area (Å²) in [5.41, 5.74) is 4.99. The smallest absolute Gasteiger partial charge is 0.196 e. The molecule has 3 nitrogen and oxygen atoms in total. The first-order chi connectivity index (χ1) is 8.90. The number of carbonyl (C=O) groups excluding carboxylic acids is 1. The predicted molar refractivity (Wildman–Crippen MR) is 63.4 cm³/mol. The summed E-state index contributed by atoms with van der Waals surface area (Å²) in [4.78, 5) is 15.7. The summed E-state index contributed by atoms with van der Waals surface area (Å²) in [6.45, 7) is 0. The molecule has 0 aliphatic carbocycles. The molecular formula is C12H6ClF3N2O. The Morgan fingerprint density at radius 2 is 1.74 bits per heavy atom. The molecule has 7 heteroatoms. The van der Waals surface area contributed by atoms with Crippen molar-refractivity contribution < 1.29 is 18.0 Å². The largest absolute Gasteiger partial charge is 0.383 e. The summed E-state index contributed by atoms with van der Waals surface area (Å²) in [6, 6.07) is 2.38. The van der Waals surface area contributed by atoms with Gasteiger partial charge in [0.05, 0.1) is 10.6 Å². The third-order valence-corrected chi connectivity index (χ3v) is 2.58. The zero-order chi connectivity index (χ0) is 14.2. The van der Waals surface area contributed by atoms with Gasteiger partial charge in [-0.1, -0.05) is 11.6 Å². The molecule has 0 bridgehead atoms. The lowest BCUT2D eigenvalue weighted by molar-refractivity contribution is 0.103. The van der Waals surface area contributed by atoms with Crippen LogP contribution >= 0.6 is 11.6 Å². The number of rotatable bonds is 2. The predicted octanol–water partition coefficient (Wildman–Crippen LogP) is 2.97. The first-order valence-electron chi connectivity index (χ1n) is 5.00. The first kappa shape index (κ1) is 13.4. The van der Waals surface area contributed by atoms with Gasteiger partial charge < -0.3 is 5.73 Å². The summed E-state index contributed by atoms with van der Waals surface area (Å²) >= 11 is 5.66. The number of ketones is 1. The molecule has 2 N–H and O–H groups in total. The second kappa shape index (κ2) is 4.89. The number of nitrogen functional groups attached to an aromatic ring is 1. The van der Waals surface area contributed by atoms with Gasteiger partial charge in [-0.25, -0.2) is 18.2 Å². The zero-order valence-electron chi connectivity index (χ0n) is 9.25. The lowest BCUT2D eigenvalue weighted by Crippen LogP contribution is -2.08. The number of hydrogen-bond acceptors (Lipinski definition) is 3. The molecule has 0 saturated heterocycles. The van der Waals surface area contributed by atoms with Crippen molar-refractivity contribution in [1.82, 2.24) is 4.98 Å². The van der Waals surface area contributed by atoms with Crippen molar-refractivity contribution in [1.29, 1.82) is 0 Å². The number of carbonyl (C=O) groups is 1. The molecule has 0 fully saturated rings. The quantitative estimate of drug-likeness (QED) is 0.682. The van der Waals surface area contributed by atoms with Crippen LogP contribution in [0.2, 0.25) is 5.02 Å². The van der Waals surface area contributed by atoms with Crippen LogP contribution in [-0.2, 0) is 0 Å². The third kappa shape index (κ3) is 2.53. The van der Waals surface area contributed by atoms with Crippen LogP contribution in [0.3, 0.4) is 0 Å². The maximum atomic E-state index is 13.1. The first-order valence-corrected chi connectivity index (χ1v) is 5.38. The fourth-order valence-corrected chi connectivity index (χ4v) is 1.63. The maximum absolute atomic E-state index is 13.1. The molecule has 0 spiro atoms. The minimum Gasteiger partial charge on any atom is -0.383 e. The third-order valence-electron chi connectivity index (χ3n) is 2.38. The standard InChI is InChI=1S/C12H6ClF3N2O/c13-6-3-7(12(17)18-4-6)11(19)5-1-8(14)10(16)9(15)2-5/h1-4H,(H2,17,18). The molecule has 0 unspecified atom stereocenters. The van der Waals surface area contributed by atoms with Gasteiger partial charge in [0.25, 0.3) is 0 Å². The highest BCUT2D eigenvalue weighted by Gasteiger charge is 2.18. The average molecular weight is 287 g/mol. The van der Waals surface area contributed by atoms with Gasteiger partial charge in [0.15, 0.2) is 23.2 Å². The zero-order valence-corrected chi connectivity index (χ0v) is 10.0. The Morgan fingerprint density at radius 3 is 2.32 bits per heavy atom. The van der Waals surface area contributed by atoms with E-state index < -0.39 is 23.2 Å². The van der Waals surface area contributed by atoms with Crippen molar-refractivity contribution in [2.24, 2.45) is 0 Å². The Balaban J connectivity index is 2.53. The van der Waals surface area contributed by atoms with Gasteiger partial charge in [0.1, 0.15) is 5.82 Å². The van der Waals surface area contributed by atoms with Gasteiger partial charge in [-0.3, -0.25) is 4.79 Å². The van der Waals surface area contributed by atoms with E-state index in [4.69, 9.17) is 17.3 Å². The minimum atomic E-state index is -1.64. The fourth-order valence-electron chi connectivity index (χ4n) is 1.47. The molecule has 2 aromatic rings. The van der Waals surface area contributed by atoms with Crippen molar-refractivity contribution in [2.75, 3.05) is 5.73 Å². The molecule has 1 aromatic heterocycles. The number of hydrogen-bond donors (Lipinski definition) is 1. The maximum Gasteiger partial charge on any atom is 0.196 e. The lowest BCUT2D eigenvalue weighted by Gasteiger charge is -2.05. The van der Waals surface area contributed by atoms with E-state index in [1.807, 2.05) is 0 Å². The van der Waals surface area contributed by atoms with Crippen LogP contribution in [-0.4, -0.2) is 10.8 Å². The molecule has 0 atom stereocenters.